The largest absolute Gasteiger partial charge is 0.504 e. The summed E-state index contributed by atoms with van der Waals surface area (Å²) in [6.45, 7) is 5.05. The minimum Gasteiger partial charge on any atom is -0.504 e. The first kappa shape index (κ1) is 11.9. The van der Waals surface area contributed by atoms with Crippen LogP contribution in [0.3, 0.4) is 0 Å². The zero-order valence-electron chi connectivity index (χ0n) is 9.79. The summed E-state index contributed by atoms with van der Waals surface area (Å²) in [6.07, 6.45) is 0. The number of phenols is 1. The number of methoxy groups -OCH3 is 1. The van der Waals surface area contributed by atoms with Crippen LogP contribution in [0.25, 0.3) is 0 Å². The lowest BCUT2D eigenvalue weighted by Gasteiger charge is -2.27. The van der Waals surface area contributed by atoms with Gasteiger partial charge in [-0.05, 0) is 13.1 Å². The van der Waals surface area contributed by atoms with Crippen LogP contribution >= 0.6 is 0 Å². The monoisotopic (exact) mass is 209 g/mol. The predicted molar refractivity (Wildman–Crippen MR) is 61.6 cm³/mol. The van der Waals surface area contributed by atoms with E-state index in [0.717, 1.165) is 12.1 Å². The van der Waals surface area contributed by atoms with Crippen LogP contribution in [-0.2, 0) is 5.41 Å². The molecule has 0 fully saturated rings. The molecule has 0 heterocycles. The maximum Gasteiger partial charge on any atom is 0.164 e. The highest BCUT2D eigenvalue weighted by Crippen LogP contribution is 2.37. The molecule has 1 aromatic rings. The van der Waals surface area contributed by atoms with Gasteiger partial charge in [-0.3, -0.25) is 0 Å². The van der Waals surface area contributed by atoms with E-state index >= 15 is 0 Å². The highest BCUT2D eigenvalue weighted by Gasteiger charge is 2.24. The van der Waals surface area contributed by atoms with E-state index in [-0.39, 0.29) is 11.2 Å². The summed E-state index contributed by atoms with van der Waals surface area (Å²) in [7, 11) is 3.49. The van der Waals surface area contributed by atoms with E-state index < -0.39 is 0 Å². The fourth-order valence-electron chi connectivity index (χ4n) is 1.81. The van der Waals surface area contributed by atoms with Gasteiger partial charge < -0.3 is 15.2 Å². The van der Waals surface area contributed by atoms with Gasteiger partial charge >= 0.3 is 0 Å². The fourth-order valence-corrected chi connectivity index (χ4v) is 1.81. The zero-order valence-corrected chi connectivity index (χ0v) is 9.79. The van der Waals surface area contributed by atoms with Gasteiger partial charge in [-0.15, -0.1) is 0 Å². The Balaban J connectivity index is 3.18. The molecule has 0 radical (unpaired) electrons. The molecule has 0 aliphatic carbocycles. The highest BCUT2D eigenvalue weighted by atomic mass is 16.5. The molecule has 0 aromatic heterocycles. The standard InChI is InChI=1S/C12H19NO2/c1-12(2,8-13-3)9-6-5-7-10(14)11(9)15-4/h5-7,13-14H,8H2,1-4H3. The van der Waals surface area contributed by atoms with Crippen LogP contribution in [0.4, 0.5) is 0 Å². The van der Waals surface area contributed by atoms with E-state index in [2.05, 4.69) is 19.2 Å². The number of hydrogen-bond acceptors (Lipinski definition) is 3. The third-order valence-corrected chi connectivity index (χ3v) is 2.55. The molecule has 0 aliphatic rings. The number of likely N-dealkylation sites (N-methyl/N-ethyl adjacent to an activating group) is 1. The third kappa shape index (κ3) is 2.42. The Morgan fingerprint density at radius 3 is 2.60 bits per heavy atom. The van der Waals surface area contributed by atoms with E-state index in [1.165, 1.54) is 0 Å². The topological polar surface area (TPSA) is 41.5 Å². The van der Waals surface area contributed by atoms with Crippen molar-refractivity contribution in [3.8, 4) is 11.5 Å². The van der Waals surface area contributed by atoms with Gasteiger partial charge in [0.15, 0.2) is 11.5 Å². The van der Waals surface area contributed by atoms with Crippen molar-refractivity contribution >= 4 is 0 Å². The van der Waals surface area contributed by atoms with Gasteiger partial charge in [-0.2, -0.15) is 0 Å². The summed E-state index contributed by atoms with van der Waals surface area (Å²) >= 11 is 0. The Bertz CT molecular complexity index is 334. The van der Waals surface area contributed by atoms with Gasteiger partial charge in [0, 0.05) is 17.5 Å². The number of benzene rings is 1. The average Bonchev–Trinajstić information content (AvgIpc) is 2.17. The van der Waals surface area contributed by atoms with Crippen LogP contribution in [0.2, 0.25) is 0 Å². The molecule has 0 saturated carbocycles. The zero-order chi connectivity index (χ0) is 11.5. The summed E-state index contributed by atoms with van der Waals surface area (Å²) < 4.78 is 5.23. The molecule has 0 saturated heterocycles. The van der Waals surface area contributed by atoms with Crippen LogP contribution in [-0.4, -0.2) is 25.8 Å². The van der Waals surface area contributed by atoms with Gasteiger partial charge in [-0.25, -0.2) is 0 Å². The van der Waals surface area contributed by atoms with Crippen molar-refractivity contribution in [3.63, 3.8) is 0 Å². The molecule has 0 amide bonds. The van der Waals surface area contributed by atoms with Gasteiger partial charge in [0.2, 0.25) is 0 Å². The van der Waals surface area contributed by atoms with Crippen LogP contribution in [0, 0.1) is 0 Å². The summed E-state index contributed by atoms with van der Waals surface area (Å²) in [4.78, 5) is 0. The van der Waals surface area contributed by atoms with Gasteiger partial charge in [0.05, 0.1) is 7.11 Å². The second kappa shape index (κ2) is 4.53. The molecule has 15 heavy (non-hydrogen) atoms. The highest BCUT2D eigenvalue weighted by molar-refractivity contribution is 5.49. The summed E-state index contributed by atoms with van der Waals surface area (Å²) in [6, 6.07) is 5.46. The van der Waals surface area contributed by atoms with Crippen molar-refractivity contribution in [1.82, 2.24) is 5.32 Å². The first-order valence-corrected chi connectivity index (χ1v) is 5.04. The van der Waals surface area contributed by atoms with E-state index in [9.17, 15) is 5.11 Å². The van der Waals surface area contributed by atoms with E-state index in [0.29, 0.717) is 5.75 Å². The number of rotatable bonds is 4. The minimum absolute atomic E-state index is 0.0706. The molecule has 1 rings (SSSR count). The molecule has 0 spiro atoms. The van der Waals surface area contributed by atoms with Crippen LogP contribution in [0.5, 0.6) is 11.5 Å². The molecular formula is C12H19NO2. The number of phenolic OH excluding ortho intramolecular Hbond substituents is 1. The quantitative estimate of drug-likeness (QED) is 0.795. The predicted octanol–water partition coefficient (Wildman–Crippen LogP) is 1.90. The number of para-hydroxylation sites is 1. The molecule has 3 heteroatoms. The molecule has 0 atom stereocenters. The van der Waals surface area contributed by atoms with E-state index in [4.69, 9.17) is 4.74 Å². The SMILES string of the molecule is CNCC(C)(C)c1cccc(O)c1OC. The number of nitrogens with one attached hydrogen (secondary N) is 1. The first-order chi connectivity index (χ1) is 7.03. The fraction of sp³-hybridized carbons (Fsp3) is 0.500. The number of hydrogen-bond donors (Lipinski definition) is 2. The van der Waals surface area contributed by atoms with Crippen LogP contribution < -0.4 is 10.1 Å². The van der Waals surface area contributed by atoms with E-state index in [1.807, 2.05) is 19.2 Å². The van der Waals surface area contributed by atoms with Crippen molar-refractivity contribution in [2.24, 2.45) is 0 Å². The molecule has 1 aromatic carbocycles. The molecule has 0 bridgehead atoms. The molecule has 2 N–H and O–H groups in total. The lowest BCUT2D eigenvalue weighted by molar-refractivity contribution is 0.355. The maximum atomic E-state index is 9.68. The Kier molecular flexibility index (Phi) is 3.58. The van der Waals surface area contributed by atoms with Crippen molar-refractivity contribution in [2.75, 3.05) is 20.7 Å². The second-order valence-electron chi connectivity index (χ2n) is 4.27. The summed E-state index contributed by atoms with van der Waals surface area (Å²) in [5, 5.41) is 12.8. The maximum absolute atomic E-state index is 9.68. The van der Waals surface area contributed by atoms with Crippen molar-refractivity contribution in [2.45, 2.75) is 19.3 Å². The minimum atomic E-state index is -0.0706. The third-order valence-electron chi connectivity index (χ3n) is 2.55. The first-order valence-electron chi connectivity index (χ1n) is 5.04. The molecule has 0 aliphatic heterocycles. The lowest BCUT2D eigenvalue weighted by atomic mass is 9.84. The summed E-state index contributed by atoms with van der Waals surface area (Å²) in [5.74, 6) is 0.761. The van der Waals surface area contributed by atoms with Crippen molar-refractivity contribution < 1.29 is 9.84 Å². The van der Waals surface area contributed by atoms with E-state index in [1.54, 1.807) is 13.2 Å². The van der Waals surface area contributed by atoms with Crippen molar-refractivity contribution in [1.29, 1.82) is 0 Å². The Morgan fingerprint density at radius 1 is 1.40 bits per heavy atom. The van der Waals surface area contributed by atoms with Gasteiger partial charge in [0.1, 0.15) is 0 Å². The summed E-state index contributed by atoms with van der Waals surface area (Å²) in [5.41, 5.74) is 0.943. The normalized spacial score (nSPS) is 11.5. The molecular weight excluding hydrogens is 190 g/mol. The Morgan fingerprint density at radius 2 is 2.07 bits per heavy atom. The Hall–Kier alpha value is -1.22. The van der Waals surface area contributed by atoms with Crippen molar-refractivity contribution in [3.05, 3.63) is 23.8 Å². The van der Waals surface area contributed by atoms with Crippen LogP contribution in [0.1, 0.15) is 19.4 Å². The number of ether oxygens (including phenoxy) is 1. The molecule has 0 unspecified atom stereocenters. The molecule has 3 nitrogen and oxygen atoms in total. The smallest absolute Gasteiger partial charge is 0.164 e. The average molecular weight is 209 g/mol. The number of aromatic hydroxyl groups is 1. The van der Waals surface area contributed by atoms with Gasteiger partial charge in [0.25, 0.3) is 0 Å². The molecule has 84 valence electrons. The second-order valence-corrected chi connectivity index (χ2v) is 4.27. The lowest BCUT2D eigenvalue weighted by Crippen LogP contribution is -2.31. The van der Waals surface area contributed by atoms with Gasteiger partial charge in [-0.1, -0.05) is 26.0 Å². The Labute approximate surface area is 91.1 Å². The van der Waals surface area contributed by atoms with Crippen LogP contribution in [0.15, 0.2) is 18.2 Å².